The molecular weight excluding hydrogens is 474 g/mol. The number of hydrogen-bond donors (Lipinski definition) is 2. The van der Waals surface area contributed by atoms with Crippen molar-refractivity contribution in [2.24, 2.45) is 4.99 Å². The van der Waals surface area contributed by atoms with Crippen LogP contribution in [0.3, 0.4) is 0 Å². The topological polar surface area (TPSA) is 83.9 Å². The average molecular weight is 486 g/mol. The van der Waals surface area contributed by atoms with E-state index in [0.29, 0.717) is 28.3 Å². The van der Waals surface area contributed by atoms with Crippen LogP contribution in [0.15, 0.2) is 29.3 Å². The normalized spacial score (nSPS) is 12.7. The van der Waals surface area contributed by atoms with E-state index in [2.05, 4.69) is 9.98 Å². The van der Waals surface area contributed by atoms with Gasteiger partial charge in [0.05, 0.1) is 56.8 Å². The molecular formula is C20H12Cl4N2O4. The van der Waals surface area contributed by atoms with Gasteiger partial charge in [0, 0.05) is 11.1 Å². The average Bonchev–Trinajstić information content (AvgIpc) is 3.20. The molecule has 10 heteroatoms. The van der Waals surface area contributed by atoms with E-state index >= 15 is 0 Å². The maximum absolute atomic E-state index is 12.7. The minimum Gasteiger partial charge on any atom is -0.494 e. The lowest BCUT2D eigenvalue weighted by molar-refractivity contribution is 0.101. The Morgan fingerprint density at radius 1 is 0.833 bits per heavy atom. The highest BCUT2D eigenvalue weighted by molar-refractivity contribution is 6.39. The molecule has 0 atom stereocenters. The van der Waals surface area contributed by atoms with Gasteiger partial charge in [-0.05, 0) is 24.3 Å². The monoisotopic (exact) mass is 484 g/mol. The molecule has 0 bridgehead atoms. The molecule has 1 aliphatic rings. The van der Waals surface area contributed by atoms with E-state index in [1.807, 2.05) is 0 Å². The van der Waals surface area contributed by atoms with Crippen molar-refractivity contribution < 1.29 is 19.4 Å². The molecule has 6 nitrogen and oxygen atoms in total. The van der Waals surface area contributed by atoms with Crippen LogP contribution in [0.2, 0.25) is 20.1 Å². The summed E-state index contributed by atoms with van der Waals surface area (Å²) in [4.78, 5) is 19.7. The third kappa shape index (κ3) is 3.20. The number of amides is 1. The Hall–Kier alpha value is -2.38. The van der Waals surface area contributed by atoms with E-state index in [4.69, 9.17) is 55.9 Å². The number of methoxy groups -OCH3 is 2. The molecule has 1 aliphatic heterocycles. The molecule has 4 rings (SSSR count). The fourth-order valence-electron chi connectivity index (χ4n) is 3.36. The first kappa shape index (κ1) is 20.9. The highest BCUT2D eigenvalue weighted by atomic mass is 35.5. The molecule has 2 N–H and O–H groups in total. The molecule has 2 heterocycles. The van der Waals surface area contributed by atoms with Gasteiger partial charge in [0.15, 0.2) is 17.4 Å². The molecule has 0 radical (unpaired) electrons. The van der Waals surface area contributed by atoms with Crippen molar-refractivity contribution >= 4 is 58.0 Å². The van der Waals surface area contributed by atoms with Gasteiger partial charge >= 0.3 is 0 Å². The van der Waals surface area contributed by atoms with Gasteiger partial charge in [-0.25, -0.2) is 4.99 Å². The summed E-state index contributed by atoms with van der Waals surface area (Å²) in [6, 6.07) is 6.26. The highest BCUT2D eigenvalue weighted by Crippen LogP contribution is 2.43. The molecule has 0 spiro atoms. The van der Waals surface area contributed by atoms with E-state index in [1.54, 1.807) is 24.3 Å². The van der Waals surface area contributed by atoms with Crippen LogP contribution in [0.25, 0.3) is 11.3 Å². The number of H-pyrrole nitrogens is 1. The smallest absolute Gasteiger partial charge is 0.280 e. The predicted molar refractivity (Wildman–Crippen MR) is 117 cm³/mol. The number of ether oxygens (including phenoxy) is 2. The first-order valence-electron chi connectivity index (χ1n) is 8.42. The molecule has 0 fully saturated rings. The fourth-order valence-corrected chi connectivity index (χ4v) is 4.64. The van der Waals surface area contributed by atoms with E-state index in [1.165, 1.54) is 14.2 Å². The van der Waals surface area contributed by atoms with Crippen molar-refractivity contribution in [1.82, 2.24) is 4.98 Å². The van der Waals surface area contributed by atoms with Crippen LogP contribution in [0.1, 0.15) is 21.5 Å². The summed E-state index contributed by atoms with van der Waals surface area (Å²) >= 11 is 24.9. The number of nitrogens with zero attached hydrogens (tertiary/aromatic N) is 1. The summed E-state index contributed by atoms with van der Waals surface area (Å²) in [7, 11) is 2.89. The molecule has 1 amide bonds. The number of nitrogens with one attached hydrogen (secondary N) is 1. The maximum atomic E-state index is 12.7. The zero-order valence-corrected chi connectivity index (χ0v) is 18.5. The lowest BCUT2D eigenvalue weighted by Gasteiger charge is -2.09. The SMILES string of the molecule is COc1c(Cl)cc(C2=NC(=O)c3c(-c4cc(Cl)c(OC)c(Cl)c4)[nH]c(O)c32)cc1Cl. The van der Waals surface area contributed by atoms with Crippen molar-refractivity contribution in [3.05, 3.63) is 61.0 Å². The quantitative estimate of drug-likeness (QED) is 0.474. The van der Waals surface area contributed by atoms with E-state index in [0.717, 1.165) is 0 Å². The lowest BCUT2D eigenvalue weighted by atomic mass is 10.00. The number of halogens is 4. The maximum Gasteiger partial charge on any atom is 0.280 e. The molecule has 0 saturated heterocycles. The Balaban J connectivity index is 1.88. The number of aromatic hydroxyl groups is 1. The van der Waals surface area contributed by atoms with Gasteiger partial charge in [0.1, 0.15) is 0 Å². The van der Waals surface area contributed by atoms with E-state index < -0.39 is 5.91 Å². The van der Waals surface area contributed by atoms with Gasteiger partial charge in [-0.3, -0.25) is 4.79 Å². The summed E-state index contributed by atoms with van der Waals surface area (Å²) in [6.45, 7) is 0. The molecule has 0 saturated carbocycles. The third-order valence-electron chi connectivity index (χ3n) is 4.61. The van der Waals surface area contributed by atoms with Gasteiger partial charge in [-0.2, -0.15) is 0 Å². The standard InChI is InChI=1S/C20H12Cl4N2O4/c1-29-17-9(21)3-7(4-10(17)22)15-13-14(20(28)25-15)16(26-19(13)27)8-5-11(23)18(30-2)12(24)6-8/h3-6,25,28H,1-2H3. The summed E-state index contributed by atoms with van der Waals surface area (Å²) in [5.74, 6) is -0.178. The van der Waals surface area contributed by atoms with Crippen molar-refractivity contribution in [2.45, 2.75) is 0 Å². The Kier molecular flexibility index (Phi) is 5.36. The first-order chi connectivity index (χ1) is 14.3. The summed E-state index contributed by atoms with van der Waals surface area (Å²) < 4.78 is 10.3. The Morgan fingerprint density at radius 2 is 1.30 bits per heavy atom. The number of rotatable bonds is 4. The molecule has 3 aromatic rings. The van der Waals surface area contributed by atoms with Crippen LogP contribution in [0.4, 0.5) is 0 Å². The van der Waals surface area contributed by atoms with Crippen LogP contribution in [0.5, 0.6) is 17.4 Å². The van der Waals surface area contributed by atoms with Gasteiger partial charge < -0.3 is 19.6 Å². The second-order valence-electron chi connectivity index (χ2n) is 6.31. The number of aromatic nitrogens is 1. The number of fused-ring (bicyclic) bond motifs is 1. The number of aliphatic imine (C=N–C) groups is 1. The van der Waals surface area contributed by atoms with Gasteiger partial charge in [0.25, 0.3) is 5.91 Å². The van der Waals surface area contributed by atoms with Crippen molar-refractivity contribution in [1.29, 1.82) is 0 Å². The zero-order chi connectivity index (χ0) is 21.7. The Labute approximate surface area is 190 Å². The third-order valence-corrected chi connectivity index (χ3v) is 5.73. The summed E-state index contributed by atoms with van der Waals surface area (Å²) in [6.07, 6.45) is 0. The second-order valence-corrected chi connectivity index (χ2v) is 7.94. The molecule has 2 aromatic carbocycles. The Bertz CT molecular complexity index is 1200. The number of aromatic amines is 1. The zero-order valence-electron chi connectivity index (χ0n) is 15.4. The van der Waals surface area contributed by atoms with Gasteiger partial charge in [-0.15, -0.1) is 0 Å². The minimum atomic E-state index is -0.544. The Morgan fingerprint density at radius 3 is 1.77 bits per heavy atom. The number of carbonyl (C=O) groups excluding carboxylic acids is 1. The van der Waals surface area contributed by atoms with Crippen molar-refractivity contribution in [3.8, 4) is 28.6 Å². The van der Waals surface area contributed by atoms with E-state index in [-0.39, 0.29) is 42.8 Å². The number of hydrogen-bond acceptors (Lipinski definition) is 4. The number of benzene rings is 2. The van der Waals surface area contributed by atoms with Crippen molar-refractivity contribution in [3.63, 3.8) is 0 Å². The summed E-state index contributed by atoms with van der Waals surface area (Å²) in [5.41, 5.74) is 1.90. The molecule has 0 unspecified atom stereocenters. The molecule has 0 aliphatic carbocycles. The second kappa shape index (κ2) is 7.71. The lowest BCUT2D eigenvalue weighted by Crippen LogP contribution is -2.01. The largest absolute Gasteiger partial charge is 0.494 e. The molecule has 154 valence electrons. The van der Waals surface area contributed by atoms with Crippen LogP contribution in [0, 0.1) is 0 Å². The van der Waals surface area contributed by atoms with Gasteiger partial charge in [-0.1, -0.05) is 46.4 Å². The van der Waals surface area contributed by atoms with Crippen LogP contribution >= 0.6 is 46.4 Å². The molecule has 1 aromatic heterocycles. The van der Waals surface area contributed by atoms with Crippen molar-refractivity contribution in [2.75, 3.05) is 14.2 Å². The van der Waals surface area contributed by atoms with Crippen LogP contribution in [-0.4, -0.2) is 35.9 Å². The fraction of sp³-hybridized carbons (Fsp3) is 0.100. The first-order valence-corrected chi connectivity index (χ1v) is 9.93. The molecule has 30 heavy (non-hydrogen) atoms. The van der Waals surface area contributed by atoms with Gasteiger partial charge in [0.2, 0.25) is 0 Å². The highest BCUT2D eigenvalue weighted by Gasteiger charge is 2.34. The number of carbonyl (C=O) groups is 1. The predicted octanol–water partition coefficient (Wildman–Crippen LogP) is 6.01. The van der Waals surface area contributed by atoms with Crippen LogP contribution < -0.4 is 9.47 Å². The summed E-state index contributed by atoms with van der Waals surface area (Å²) in [5, 5.41) is 11.6. The minimum absolute atomic E-state index is 0.183. The van der Waals surface area contributed by atoms with E-state index in [9.17, 15) is 9.90 Å². The van der Waals surface area contributed by atoms with Crippen LogP contribution in [-0.2, 0) is 0 Å².